The number of aliphatic hydroxyl groups is 1. The van der Waals surface area contributed by atoms with Crippen molar-refractivity contribution in [1.29, 1.82) is 0 Å². The lowest BCUT2D eigenvalue weighted by Gasteiger charge is -2.13. The highest BCUT2D eigenvalue weighted by molar-refractivity contribution is 5.42. The van der Waals surface area contributed by atoms with E-state index in [0.29, 0.717) is 31.0 Å². The second-order valence-corrected chi connectivity index (χ2v) is 3.49. The Kier molecular flexibility index (Phi) is 4.52. The summed E-state index contributed by atoms with van der Waals surface area (Å²) in [5.74, 6) is 0.393. The minimum absolute atomic E-state index is 0.393. The molecule has 0 saturated carbocycles. The van der Waals surface area contributed by atoms with E-state index in [4.69, 9.17) is 10.5 Å². The molecule has 84 valence electrons. The van der Waals surface area contributed by atoms with E-state index < -0.39 is 6.10 Å². The molecule has 0 amide bonds. The van der Waals surface area contributed by atoms with Crippen molar-refractivity contribution in [3.8, 4) is 0 Å². The van der Waals surface area contributed by atoms with Crippen LogP contribution in [-0.2, 0) is 4.74 Å². The van der Waals surface area contributed by atoms with Gasteiger partial charge in [0.15, 0.2) is 0 Å². The van der Waals surface area contributed by atoms with Crippen molar-refractivity contribution < 1.29 is 9.84 Å². The van der Waals surface area contributed by atoms with Crippen molar-refractivity contribution >= 4 is 5.82 Å². The van der Waals surface area contributed by atoms with Crippen LogP contribution in [-0.4, -0.2) is 23.3 Å². The summed E-state index contributed by atoms with van der Waals surface area (Å²) in [6.07, 6.45) is 1.64. The number of anilines is 1. The minimum atomic E-state index is -0.594. The molecule has 0 saturated heterocycles. The van der Waals surface area contributed by atoms with Gasteiger partial charge < -0.3 is 15.6 Å². The summed E-state index contributed by atoms with van der Waals surface area (Å²) < 4.78 is 5.17. The highest BCUT2D eigenvalue weighted by Crippen LogP contribution is 2.22. The number of hydrogen-bond donors (Lipinski definition) is 2. The Morgan fingerprint density at radius 3 is 3.00 bits per heavy atom. The second kappa shape index (κ2) is 5.68. The van der Waals surface area contributed by atoms with Crippen LogP contribution in [0.2, 0.25) is 0 Å². The third-order valence-corrected chi connectivity index (χ3v) is 2.18. The first-order valence-electron chi connectivity index (χ1n) is 5.13. The zero-order valence-corrected chi connectivity index (χ0v) is 9.23. The molecular formula is C11H18N2O2. The van der Waals surface area contributed by atoms with Gasteiger partial charge in [-0.2, -0.15) is 0 Å². The predicted molar refractivity (Wildman–Crippen MR) is 59.5 cm³/mol. The molecule has 1 rings (SSSR count). The van der Waals surface area contributed by atoms with Crippen molar-refractivity contribution in [2.45, 2.75) is 26.4 Å². The number of aryl methyl sites for hydroxylation is 1. The van der Waals surface area contributed by atoms with Crippen molar-refractivity contribution in [2.24, 2.45) is 0 Å². The van der Waals surface area contributed by atoms with Crippen molar-refractivity contribution in [1.82, 2.24) is 4.98 Å². The first-order chi connectivity index (χ1) is 7.15. The molecule has 0 radical (unpaired) electrons. The van der Waals surface area contributed by atoms with Gasteiger partial charge in [0.05, 0.1) is 6.10 Å². The van der Waals surface area contributed by atoms with E-state index >= 15 is 0 Å². The van der Waals surface area contributed by atoms with E-state index in [-0.39, 0.29) is 0 Å². The maximum absolute atomic E-state index is 9.85. The number of rotatable bonds is 5. The molecule has 3 N–H and O–H groups in total. The molecule has 1 aromatic rings. The summed E-state index contributed by atoms with van der Waals surface area (Å²) in [7, 11) is 0. The first kappa shape index (κ1) is 11.9. The Morgan fingerprint density at radius 2 is 2.33 bits per heavy atom. The Morgan fingerprint density at radius 1 is 1.60 bits per heavy atom. The van der Waals surface area contributed by atoms with E-state index in [1.807, 2.05) is 19.9 Å². The lowest BCUT2D eigenvalue weighted by atomic mass is 10.1. The summed E-state index contributed by atoms with van der Waals surface area (Å²) in [6, 6.07) is 1.86. The number of hydrogen-bond acceptors (Lipinski definition) is 4. The van der Waals surface area contributed by atoms with Crippen molar-refractivity contribution in [2.75, 3.05) is 18.9 Å². The largest absolute Gasteiger partial charge is 0.388 e. The fourth-order valence-electron chi connectivity index (χ4n) is 1.36. The summed E-state index contributed by atoms with van der Waals surface area (Å²) in [5.41, 5.74) is 7.37. The second-order valence-electron chi connectivity index (χ2n) is 3.49. The van der Waals surface area contributed by atoms with Crippen LogP contribution in [0.4, 0.5) is 5.82 Å². The number of ether oxygens (including phenoxy) is 1. The molecule has 0 aliphatic rings. The normalized spacial score (nSPS) is 12.7. The van der Waals surface area contributed by atoms with Crippen LogP contribution in [0.25, 0.3) is 0 Å². The predicted octanol–water partition coefficient (Wildman–Crippen LogP) is 1.43. The molecule has 4 heteroatoms. The topological polar surface area (TPSA) is 68.4 Å². The van der Waals surface area contributed by atoms with Gasteiger partial charge in [-0.1, -0.05) is 0 Å². The average molecular weight is 210 g/mol. The van der Waals surface area contributed by atoms with Gasteiger partial charge in [-0.15, -0.1) is 0 Å². The molecule has 1 aromatic heterocycles. The minimum Gasteiger partial charge on any atom is -0.388 e. The van der Waals surface area contributed by atoms with Gasteiger partial charge in [-0.05, 0) is 25.5 Å². The van der Waals surface area contributed by atoms with Crippen LogP contribution in [0.1, 0.15) is 30.6 Å². The monoisotopic (exact) mass is 210 g/mol. The smallest absolute Gasteiger partial charge is 0.129 e. The highest BCUT2D eigenvalue weighted by atomic mass is 16.5. The number of nitrogens with zero attached hydrogens (tertiary/aromatic N) is 1. The lowest BCUT2D eigenvalue weighted by Crippen LogP contribution is -2.07. The maximum Gasteiger partial charge on any atom is 0.129 e. The average Bonchev–Trinajstić information content (AvgIpc) is 2.22. The number of aliphatic hydroxyl groups excluding tert-OH is 1. The Balaban J connectivity index is 2.64. The molecule has 1 heterocycles. The molecule has 1 unspecified atom stereocenters. The van der Waals surface area contributed by atoms with Crippen LogP contribution in [0.5, 0.6) is 0 Å². The number of nitrogens with two attached hydrogens (primary N) is 1. The quantitative estimate of drug-likeness (QED) is 0.721. The highest BCUT2D eigenvalue weighted by Gasteiger charge is 2.11. The fourth-order valence-corrected chi connectivity index (χ4v) is 1.36. The van der Waals surface area contributed by atoms with Gasteiger partial charge in [0.25, 0.3) is 0 Å². The summed E-state index contributed by atoms with van der Waals surface area (Å²) in [5, 5.41) is 9.85. The molecule has 0 aromatic carbocycles. The van der Waals surface area contributed by atoms with Crippen molar-refractivity contribution in [3.63, 3.8) is 0 Å². The van der Waals surface area contributed by atoms with Gasteiger partial charge in [0.1, 0.15) is 5.82 Å². The maximum atomic E-state index is 9.85. The van der Waals surface area contributed by atoms with Crippen LogP contribution in [0.3, 0.4) is 0 Å². The molecule has 0 spiro atoms. The van der Waals surface area contributed by atoms with E-state index in [1.54, 1.807) is 6.20 Å². The number of pyridine rings is 1. The van der Waals surface area contributed by atoms with Crippen LogP contribution in [0.15, 0.2) is 12.3 Å². The number of nitrogen functional groups attached to an aromatic ring is 1. The molecular weight excluding hydrogens is 192 g/mol. The fraction of sp³-hybridized carbons (Fsp3) is 0.545. The molecule has 0 bridgehead atoms. The van der Waals surface area contributed by atoms with E-state index in [9.17, 15) is 5.11 Å². The zero-order valence-electron chi connectivity index (χ0n) is 9.23. The number of aromatic nitrogens is 1. The van der Waals surface area contributed by atoms with Gasteiger partial charge >= 0.3 is 0 Å². The zero-order chi connectivity index (χ0) is 11.3. The molecule has 4 nitrogen and oxygen atoms in total. The summed E-state index contributed by atoms with van der Waals surface area (Å²) in [6.45, 7) is 5.04. The van der Waals surface area contributed by atoms with Gasteiger partial charge in [-0.3, -0.25) is 0 Å². The Labute approximate surface area is 90.1 Å². The standard InChI is InChI=1S/C11H18N2O2/c1-3-15-5-4-10(14)9-6-8(2)7-13-11(9)12/h6-7,10,14H,3-5H2,1-2H3,(H2,12,13). The van der Waals surface area contributed by atoms with E-state index in [0.717, 1.165) is 5.56 Å². The molecule has 0 fully saturated rings. The van der Waals surface area contributed by atoms with Gasteiger partial charge in [-0.25, -0.2) is 4.98 Å². The molecule has 0 aliphatic heterocycles. The van der Waals surface area contributed by atoms with Gasteiger partial charge in [0, 0.05) is 31.4 Å². The van der Waals surface area contributed by atoms with Crippen LogP contribution < -0.4 is 5.73 Å². The molecule has 15 heavy (non-hydrogen) atoms. The Hall–Kier alpha value is -1.13. The third-order valence-electron chi connectivity index (χ3n) is 2.18. The summed E-state index contributed by atoms with van der Waals surface area (Å²) in [4.78, 5) is 4.00. The van der Waals surface area contributed by atoms with E-state index in [1.165, 1.54) is 0 Å². The Bertz CT molecular complexity index is 315. The SMILES string of the molecule is CCOCCC(O)c1cc(C)cnc1N. The van der Waals surface area contributed by atoms with E-state index in [2.05, 4.69) is 4.98 Å². The first-order valence-corrected chi connectivity index (χ1v) is 5.13. The lowest BCUT2D eigenvalue weighted by molar-refractivity contribution is 0.0888. The van der Waals surface area contributed by atoms with Crippen molar-refractivity contribution in [3.05, 3.63) is 23.4 Å². The van der Waals surface area contributed by atoms with Gasteiger partial charge in [0.2, 0.25) is 0 Å². The summed E-state index contributed by atoms with van der Waals surface area (Å²) >= 11 is 0. The van der Waals surface area contributed by atoms with Crippen LogP contribution >= 0.6 is 0 Å². The molecule has 1 atom stereocenters. The molecule has 0 aliphatic carbocycles. The van der Waals surface area contributed by atoms with Crippen LogP contribution in [0, 0.1) is 6.92 Å². The third kappa shape index (κ3) is 3.49.